The third-order valence-corrected chi connectivity index (χ3v) is 2.72. The number of aliphatic hydroxyl groups is 1. The first-order valence-corrected chi connectivity index (χ1v) is 5.06. The Balaban J connectivity index is 2.10. The van der Waals surface area contributed by atoms with Gasteiger partial charge in [-0.05, 0) is 32.6 Å². The second-order valence-corrected chi connectivity index (χ2v) is 3.72. The van der Waals surface area contributed by atoms with Crippen molar-refractivity contribution >= 4 is 0 Å². The van der Waals surface area contributed by atoms with Crippen molar-refractivity contribution in [3.05, 3.63) is 0 Å². The van der Waals surface area contributed by atoms with E-state index >= 15 is 0 Å². The molecular formula is C10H20O3. The minimum Gasteiger partial charge on any atom is -0.390 e. The summed E-state index contributed by atoms with van der Waals surface area (Å²) in [7, 11) is 1.62. The summed E-state index contributed by atoms with van der Waals surface area (Å²) in [6, 6.07) is 0. The van der Waals surface area contributed by atoms with E-state index in [1.54, 1.807) is 7.11 Å². The number of hydrogen-bond donors (Lipinski definition) is 1. The summed E-state index contributed by atoms with van der Waals surface area (Å²) in [6.45, 7) is 2.78. The van der Waals surface area contributed by atoms with Gasteiger partial charge in [-0.15, -0.1) is 0 Å². The monoisotopic (exact) mass is 188 g/mol. The molecule has 0 amide bonds. The lowest BCUT2D eigenvalue weighted by Crippen LogP contribution is -2.26. The van der Waals surface area contributed by atoms with Gasteiger partial charge in [-0.3, -0.25) is 0 Å². The molecule has 1 saturated heterocycles. The van der Waals surface area contributed by atoms with Crippen LogP contribution < -0.4 is 0 Å². The molecule has 0 aromatic rings. The summed E-state index contributed by atoms with van der Waals surface area (Å²) in [5.41, 5.74) is 0. The molecule has 0 aliphatic carbocycles. The van der Waals surface area contributed by atoms with Gasteiger partial charge in [0.2, 0.25) is 0 Å². The van der Waals surface area contributed by atoms with Crippen LogP contribution in [0.25, 0.3) is 0 Å². The Morgan fingerprint density at radius 3 is 2.92 bits per heavy atom. The van der Waals surface area contributed by atoms with Crippen molar-refractivity contribution in [2.45, 2.75) is 50.9 Å². The average Bonchev–Trinajstić information content (AvgIpc) is 2.65. The second kappa shape index (κ2) is 5.58. The van der Waals surface area contributed by atoms with Gasteiger partial charge in [0.05, 0.1) is 18.3 Å². The van der Waals surface area contributed by atoms with E-state index in [0.29, 0.717) is 6.10 Å². The summed E-state index contributed by atoms with van der Waals surface area (Å²) in [5, 5.41) is 9.60. The van der Waals surface area contributed by atoms with E-state index in [1.807, 2.05) is 6.92 Å². The van der Waals surface area contributed by atoms with E-state index in [2.05, 4.69) is 0 Å². The first-order valence-electron chi connectivity index (χ1n) is 5.06. The van der Waals surface area contributed by atoms with Crippen molar-refractivity contribution in [2.24, 2.45) is 0 Å². The Bertz CT molecular complexity index is 132. The molecule has 0 aromatic carbocycles. The van der Waals surface area contributed by atoms with E-state index in [-0.39, 0.29) is 12.2 Å². The highest BCUT2D eigenvalue weighted by molar-refractivity contribution is 4.70. The van der Waals surface area contributed by atoms with Gasteiger partial charge in [0.25, 0.3) is 0 Å². The van der Waals surface area contributed by atoms with Crippen LogP contribution in [0, 0.1) is 0 Å². The van der Waals surface area contributed by atoms with Gasteiger partial charge in [-0.25, -0.2) is 0 Å². The van der Waals surface area contributed by atoms with Crippen LogP contribution in [0.5, 0.6) is 0 Å². The first kappa shape index (κ1) is 11.0. The zero-order valence-corrected chi connectivity index (χ0v) is 8.53. The van der Waals surface area contributed by atoms with E-state index < -0.39 is 0 Å². The smallest absolute Gasteiger partial charge is 0.0802 e. The molecule has 0 saturated carbocycles. The van der Waals surface area contributed by atoms with Crippen LogP contribution in [-0.2, 0) is 9.47 Å². The van der Waals surface area contributed by atoms with Crippen molar-refractivity contribution in [3.63, 3.8) is 0 Å². The Morgan fingerprint density at radius 1 is 1.62 bits per heavy atom. The molecule has 78 valence electrons. The summed E-state index contributed by atoms with van der Waals surface area (Å²) >= 11 is 0. The number of ether oxygens (including phenoxy) is 2. The van der Waals surface area contributed by atoms with Crippen LogP contribution >= 0.6 is 0 Å². The molecule has 1 aliphatic heterocycles. The number of aliphatic hydroxyl groups excluding tert-OH is 1. The van der Waals surface area contributed by atoms with E-state index in [9.17, 15) is 5.11 Å². The molecule has 0 radical (unpaired) electrons. The topological polar surface area (TPSA) is 38.7 Å². The molecule has 3 unspecified atom stereocenters. The van der Waals surface area contributed by atoms with Crippen molar-refractivity contribution in [1.29, 1.82) is 0 Å². The fourth-order valence-corrected chi connectivity index (χ4v) is 1.62. The van der Waals surface area contributed by atoms with Gasteiger partial charge in [-0.2, -0.15) is 0 Å². The SMILES string of the molecule is COC(C)C(O)CCC1CCCO1. The largest absolute Gasteiger partial charge is 0.390 e. The molecule has 0 spiro atoms. The van der Waals surface area contributed by atoms with E-state index in [4.69, 9.17) is 9.47 Å². The van der Waals surface area contributed by atoms with Gasteiger partial charge in [0.15, 0.2) is 0 Å². The average molecular weight is 188 g/mol. The highest BCUT2D eigenvalue weighted by Crippen LogP contribution is 2.18. The Morgan fingerprint density at radius 2 is 2.38 bits per heavy atom. The summed E-state index contributed by atoms with van der Waals surface area (Å²) < 4.78 is 10.5. The third kappa shape index (κ3) is 3.63. The quantitative estimate of drug-likeness (QED) is 0.707. The van der Waals surface area contributed by atoms with Crippen LogP contribution in [0.2, 0.25) is 0 Å². The van der Waals surface area contributed by atoms with Crippen LogP contribution in [0.1, 0.15) is 32.6 Å². The van der Waals surface area contributed by atoms with Gasteiger partial charge >= 0.3 is 0 Å². The summed E-state index contributed by atoms with van der Waals surface area (Å²) in [5.74, 6) is 0. The Kier molecular flexibility index (Phi) is 4.70. The third-order valence-electron chi connectivity index (χ3n) is 2.72. The van der Waals surface area contributed by atoms with E-state index in [1.165, 1.54) is 6.42 Å². The molecule has 3 nitrogen and oxygen atoms in total. The van der Waals surface area contributed by atoms with Gasteiger partial charge in [-0.1, -0.05) is 0 Å². The normalized spacial score (nSPS) is 27.5. The second-order valence-electron chi connectivity index (χ2n) is 3.72. The molecule has 1 aliphatic rings. The highest BCUT2D eigenvalue weighted by atomic mass is 16.5. The predicted molar refractivity (Wildman–Crippen MR) is 50.7 cm³/mol. The summed E-state index contributed by atoms with van der Waals surface area (Å²) in [4.78, 5) is 0. The molecule has 0 aromatic heterocycles. The minimum atomic E-state index is -0.353. The first-order chi connectivity index (χ1) is 6.24. The van der Waals surface area contributed by atoms with Crippen LogP contribution in [0.15, 0.2) is 0 Å². The van der Waals surface area contributed by atoms with Crippen LogP contribution in [0.4, 0.5) is 0 Å². The molecule has 1 fully saturated rings. The Hall–Kier alpha value is -0.120. The van der Waals surface area contributed by atoms with Gasteiger partial charge in [0.1, 0.15) is 0 Å². The fraction of sp³-hybridized carbons (Fsp3) is 1.00. The van der Waals surface area contributed by atoms with Crippen molar-refractivity contribution in [1.82, 2.24) is 0 Å². The molecule has 1 N–H and O–H groups in total. The Labute approximate surface area is 80.0 Å². The lowest BCUT2D eigenvalue weighted by Gasteiger charge is -2.18. The maximum absolute atomic E-state index is 9.60. The highest BCUT2D eigenvalue weighted by Gasteiger charge is 2.19. The van der Waals surface area contributed by atoms with E-state index in [0.717, 1.165) is 25.9 Å². The molecular weight excluding hydrogens is 168 g/mol. The zero-order chi connectivity index (χ0) is 9.68. The number of rotatable bonds is 5. The molecule has 13 heavy (non-hydrogen) atoms. The maximum atomic E-state index is 9.60. The molecule has 3 heteroatoms. The summed E-state index contributed by atoms with van der Waals surface area (Å²) in [6.07, 6.45) is 4.00. The minimum absolute atomic E-state index is 0.0681. The van der Waals surface area contributed by atoms with Gasteiger partial charge < -0.3 is 14.6 Å². The van der Waals surface area contributed by atoms with Gasteiger partial charge in [0, 0.05) is 13.7 Å². The standard InChI is InChI=1S/C10H20O3/c1-8(12-2)10(11)6-5-9-4-3-7-13-9/h8-11H,3-7H2,1-2H3. The van der Waals surface area contributed by atoms with Crippen LogP contribution in [0.3, 0.4) is 0 Å². The number of hydrogen-bond acceptors (Lipinski definition) is 3. The van der Waals surface area contributed by atoms with Crippen LogP contribution in [-0.4, -0.2) is 37.1 Å². The predicted octanol–water partition coefficient (Wildman–Crippen LogP) is 1.34. The molecule has 1 heterocycles. The lowest BCUT2D eigenvalue weighted by atomic mass is 10.0. The van der Waals surface area contributed by atoms with Crippen molar-refractivity contribution < 1.29 is 14.6 Å². The number of methoxy groups -OCH3 is 1. The zero-order valence-electron chi connectivity index (χ0n) is 8.53. The maximum Gasteiger partial charge on any atom is 0.0802 e. The van der Waals surface area contributed by atoms with Crippen molar-refractivity contribution in [3.8, 4) is 0 Å². The molecule has 3 atom stereocenters. The fourth-order valence-electron chi connectivity index (χ4n) is 1.62. The molecule has 0 bridgehead atoms. The lowest BCUT2D eigenvalue weighted by molar-refractivity contribution is -0.0127. The molecule has 1 rings (SSSR count). The van der Waals surface area contributed by atoms with Crippen molar-refractivity contribution in [2.75, 3.05) is 13.7 Å².